The van der Waals surface area contributed by atoms with Crippen LogP contribution in [0.3, 0.4) is 0 Å². The summed E-state index contributed by atoms with van der Waals surface area (Å²) < 4.78 is 12.3. The number of carbonyl (C=O) groups excluding carboxylic acids is 2. The van der Waals surface area contributed by atoms with Crippen molar-refractivity contribution in [3.63, 3.8) is 0 Å². The average molecular weight is 706 g/mol. The molecule has 11 atom stereocenters. The first-order chi connectivity index (χ1) is 23.7. The molecule has 5 aliphatic carbocycles. The molecular weight excluding hydrogens is 642 g/mol. The van der Waals surface area contributed by atoms with Crippen LogP contribution in [0.25, 0.3) is 0 Å². The van der Waals surface area contributed by atoms with Gasteiger partial charge in [0.05, 0.1) is 34.6 Å². The molecule has 51 heavy (non-hydrogen) atoms. The summed E-state index contributed by atoms with van der Waals surface area (Å²) in [6.45, 7) is 24.8. The Balaban J connectivity index is 1.26. The first-order valence-electron chi connectivity index (χ1n) is 19.5. The van der Waals surface area contributed by atoms with Crippen LogP contribution in [0.15, 0.2) is 12.2 Å². The third-order valence-corrected chi connectivity index (χ3v) is 16.3. The molecule has 0 aliphatic heterocycles. The Bertz CT molecular complexity index is 1610. The molecule has 1 aromatic rings. The van der Waals surface area contributed by atoms with Gasteiger partial charge in [-0.3, -0.25) is 24.4 Å². The van der Waals surface area contributed by atoms with Gasteiger partial charge in [-0.05, 0) is 138 Å². The number of ether oxygens (including phenoxy) is 2. The summed E-state index contributed by atoms with van der Waals surface area (Å²) in [5, 5.41) is 9.17. The SMILES string of the molecule is C=C(C)[C@@H]1CC[C@]2(C(=O)OCc3nc(C)c(C)nc3C)CC[C@]3(C)[C@H](CC[C@@H]4[C@@]5(C)CC[C@H](OC(=O)[C@H](N)CC(=O)O)C(C)(C)[C@@H]5CC[C@]43C)[C@@H]12. The highest BCUT2D eigenvalue weighted by Crippen LogP contribution is 2.77. The summed E-state index contributed by atoms with van der Waals surface area (Å²) in [5.74, 6) is -0.00566. The molecule has 5 saturated carbocycles. The number of carbonyl (C=O) groups is 3. The number of aliphatic carboxylic acids is 1. The highest BCUT2D eigenvalue weighted by atomic mass is 16.5. The van der Waals surface area contributed by atoms with Gasteiger partial charge in [0, 0.05) is 5.41 Å². The Morgan fingerprint density at radius 1 is 0.863 bits per heavy atom. The molecule has 0 saturated heterocycles. The second-order valence-electron chi connectivity index (χ2n) is 18.8. The van der Waals surface area contributed by atoms with Gasteiger partial charge in [0.25, 0.3) is 0 Å². The van der Waals surface area contributed by atoms with E-state index in [2.05, 4.69) is 53.1 Å². The van der Waals surface area contributed by atoms with Crippen molar-refractivity contribution in [3.05, 3.63) is 34.9 Å². The maximum absolute atomic E-state index is 14.5. The fraction of sp³-hybridized carbons (Fsp3) is 0.786. The minimum absolute atomic E-state index is 0.0571. The van der Waals surface area contributed by atoms with Crippen molar-refractivity contribution in [2.75, 3.05) is 0 Å². The number of aromatic nitrogens is 2. The summed E-state index contributed by atoms with van der Waals surface area (Å²) in [6, 6.07) is -1.16. The quantitative estimate of drug-likeness (QED) is 0.205. The number of hydrogen-bond donors (Lipinski definition) is 2. The monoisotopic (exact) mass is 705 g/mol. The Morgan fingerprint density at radius 3 is 2.22 bits per heavy atom. The number of rotatable bonds is 8. The highest BCUT2D eigenvalue weighted by molar-refractivity contribution is 5.82. The van der Waals surface area contributed by atoms with Gasteiger partial charge in [-0.2, -0.15) is 0 Å². The van der Waals surface area contributed by atoms with Gasteiger partial charge in [-0.1, -0.05) is 46.8 Å². The van der Waals surface area contributed by atoms with Gasteiger partial charge in [0.2, 0.25) is 0 Å². The van der Waals surface area contributed by atoms with Crippen LogP contribution in [0.5, 0.6) is 0 Å². The van der Waals surface area contributed by atoms with E-state index in [0.29, 0.717) is 23.7 Å². The van der Waals surface area contributed by atoms with Crippen molar-refractivity contribution < 1.29 is 29.0 Å². The molecule has 282 valence electrons. The molecule has 9 heteroatoms. The van der Waals surface area contributed by atoms with Crippen molar-refractivity contribution >= 4 is 17.9 Å². The van der Waals surface area contributed by atoms with Gasteiger partial charge in [-0.25, -0.2) is 0 Å². The van der Waals surface area contributed by atoms with Crippen molar-refractivity contribution in [2.45, 2.75) is 152 Å². The maximum atomic E-state index is 14.5. The highest BCUT2D eigenvalue weighted by Gasteiger charge is 2.72. The van der Waals surface area contributed by atoms with Gasteiger partial charge in [0.15, 0.2) is 0 Å². The van der Waals surface area contributed by atoms with Gasteiger partial charge >= 0.3 is 17.9 Å². The van der Waals surface area contributed by atoms with Crippen molar-refractivity contribution in [2.24, 2.45) is 62.4 Å². The molecule has 5 aliphatic rings. The maximum Gasteiger partial charge on any atom is 0.323 e. The molecule has 0 bridgehead atoms. The molecule has 6 rings (SSSR count). The molecule has 0 spiro atoms. The minimum atomic E-state index is -1.16. The molecule has 9 nitrogen and oxygen atoms in total. The molecule has 0 amide bonds. The number of nitrogens with zero attached hydrogens (tertiary/aromatic N) is 2. The standard InChI is InChI=1S/C42H63N3O6/c1-23(2)27-13-18-42(37(49)50-22-30-26(5)44-24(3)25(4)45-30)20-19-40(9)28(35(27)42)11-12-32-39(8)16-15-33(51-36(48)29(43)21-34(46)47)38(6,7)31(39)14-17-41(32,40)10/h27-29,31-33,35H,1,11-22,43H2,2-10H3,(H,46,47)/t27-,28+,29+,31-,32+,33-,35+,39-,40+,41+,42-/m0/s1. The van der Waals surface area contributed by atoms with Gasteiger partial charge in [-0.15, -0.1) is 0 Å². The predicted octanol–water partition coefficient (Wildman–Crippen LogP) is 7.82. The number of esters is 2. The van der Waals surface area contributed by atoms with Crippen LogP contribution < -0.4 is 5.73 Å². The number of carboxylic acid groups (broad SMARTS) is 1. The average Bonchev–Trinajstić information content (AvgIpc) is 3.44. The van der Waals surface area contributed by atoms with E-state index in [1.807, 2.05) is 20.8 Å². The molecule has 1 heterocycles. The first kappa shape index (κ1) is 37.9. The van der Waals surface area contributed by atoms with E-state index in [0.717, 1.165) is 87.0 Å². The first-order valence-corrected chi connectivity index (χ1v) is 19.5. The van der Waals surface area contributed by atoms with Crippen LogP contribution in [0.4, 0.5) is 0 Å². The fourth-order valence-electron chi connectivity index (χ4n) is 13.4. The zero-order valence-corrected chi connectivity index (χ0v) is 32.7. The molecule has 0 unspecified atom stereocenters. The number of fused-ring (bicyclic) bond motifs is 7. The lowest BCUT2D eigenvalue weighted by molar-refractivity contribution is -0.251. The van der Waals surface area contributed by atoms with E-state index < -0.39 is 29.8 Å². The van der Waals surface area contributed by atoms with E-state index >= 15 is 0 Å². The Labute approximate surface area is 305 Å². The van der Waals surface area contributed by atoms with Crippen LogP contribution in [-0.2, 0) is 30.5 Å². The summed E-state index contributed by atoms with van der Waals surface area (Å²) in [7, 11) is 0. The largest absolute Gasteiger partial charge is 0.481 e. The fourth-order valence-corrected chi connectivity index (χ4v) is 13.4. The molecule has 1 aromatic heterocycles. The third kappa shape index (κ3) is 5.77. The number of hydrogen-bond acceptors (Lipinski definition) is 8. The van der Waals surface area contributed by atoms with Crippen LogP contribution in [0, 0.1) is 77.4 Å². The molecule has 0 aromatic carbocycles. The zero-order valence-electron chi connectivity index (χ0n) is 32.7. The predicted molar refractivity (Wildman–Crippen MR) is 195 cm³/mol. The Morgan fingerprint density at radius 2 is 1.55 bits per heavy atom. The van der Waals surface area contributed by atoms with Crippen molar-refractivity contribution in [3.8, 4) is 0 Å². The van der Waals surface area contributed by atoms with Crippen LogP contribution in [-0.4, -0.2) is 45.1 Å². The van der Waals surface area contributed by atoms with Crippen LogP contribution in [0.1, 0.15) is 135 Å². The van der Waals surface area contributed by atoms with E-state index in [4.69, 9.17) is 20.2 Å². The lowest BCUT2D eigenvalue weighted by Gasteiger charge is -2.72. The van der Waals surface area contributed by atoms with E-state index in [9.17, 15) is 19.5 Å². The normalized spacial score (nSPS) is 40.1. The van der Waals surface area contributed by atoms with Crippen LogP contribution in [0.2, 0.25) is 0 Å². The van der Waals surface area contributed by atoms with Crippen molar-refractivity contribution in [1.82, 2.24) is 9.97 Å². The second-order valence-corrected chi connectivity index (χ2v) is 18.8. The second kappa shape index (κ2) is 12.9. The number of carboxylic acids is 1. The minimum Gasteiger partial charge on any atom is -0.481 e. The van der Waals surface area contributed by atoms with E-state index in [-0.39, 0.29) is 46.3 Å². The lowest BCUT2D eigenvalue weighted by atomic mass is 9.32. The summed E-state index contributed by atoms with van der Waals surface area (Å²) in [4.78, 5) is 48.0. The summed E-state index contributed by atoms with van der Waals surface area (Å²) in [5.41, 5.74) is 9.87. The molecular formula is C42H63N3O6. The molecule has 3 N–H and O–H groups in total. The Kier molecular flexibility index (Phi) is 9.63. The zero-order chi connectivity index (χ0) is 37.5. The van der Waals surface area contributed by atoms with E-state index in [1.54, 1.807) is 0 Å². The topological polar surface area (TPSA) is 142 Å². The third-order valence-electron chi connectivity index (χ3n) is 16.3. The lowest BCUT2D eigenvalue weighted by Crippen LogP contribution is -2.67. The van der Waals surface area contributed by atoms with Crippen LogP contribution >= 0.6 is 0 Å². The van der Waals surface area contributed by atoms with Crippen molar-refractivity contribution in [1.29, 1.82) is 0 Å². The van der Waals surface area contributed by atoms with Gasteiger partial charge in [0.1, 0.15) is 18.8 Å². The smallest absolute Gasteiger partial charge is 0.323 e. The number of aryl methyl sites for hydroxylation is 3. The number of nitrogens with two attached hydrogens (primary N) is 1. The summed E-state index contributed by atoms with van der Waals surface area (Å²) >= 11 is 0. The molecule has 5 fully saturated rings. The Hall–Kier alpha value is -2.81. The number of allylic oxidation sites excluding steroid dienone is 1. The molecule has 0 radical (unpaired) electrons. The van der Waals surface area contributed by atoms with E-state index in [1.165, 1.54) is 5.57 Å². The van der Waals surface area contributed by atoms with Gasteiger partial charge < -0.3 is 20.3 Å². The summed E-state index contributed by atoms with van der Waals surface area (Å²) in [6.07, 6.45) is 9.02.